The molecule has 0 unspecified atom stereocenters. The number of hydrogen-bond donors (Lipinski definition) is 1. The van der Waals surface area contributed by atoms with Crippen molar-refractivity contribution in [2.45, 2.75) is 13.0 Å². The summed E-state index contributed by atoms with van der Waals surface area (Å²) in [6.07, 6.45) is 0.211. The van der Waals surface area contributed by atoms with E-state index in [1.54, 1.807) is 0 Å². The van der Waals surface area contributed by atoms with E-state index in [2.05, 4.69) is 5.32 Å². The Labute approximate surface area is 94.6 Å². The van der Waals surface area contributed by atoms with Crippen molar-refractivity contribution in [3.8, 4) is 5.75 Å². The molecule has 4 heteroatoms. The van der Waals surface area contributed by atoms with Gasteiger partial charge in [0, 0.05) is 6.54 Å². The van der Waals surface area contributed by atoms with Crippen molar-refractivity contribution >= 4 is 5.91 Å². The Hall–Kier alpha value is -1.55. The first-order valence-electron chi connectivity index (χ1n) is 5.32. The summed E-state index contributed by atoms with van der Waals surface area (Å²) in [6.45, 7) is 3.39. The van der Waals surface area contributed by atoms with Crippen LogP contribution in [0.2, 0.25) is 0 Å². The average molecular weight is 221 g/mol. The standard InChI is InChI=1S/C12H15NO3/c1-9-2-4-10(5-3-9)16-8-12(14)13-6-11-7-15-11/h2-5,11H,6-8H2,1H3,(H,13,14)/t11-/m0/s1. The third kappa shape index (κ3) is 3.55. The Morgan fingerprint density at radius 3 is 2.81 bits per heavy atom. The Kier molecular flexibility index (Phi) is 3.41. The molecule has 0 spiro atoms. The highest BCUT2D eigenvalue weighted by molar-refractivity contribution is 5.77. The second-order valence-corrected chi connectivity index (χ2v) is 3.86. The lowest BCUT2D eigenvalue weighted by atomic mass is 10.2. The number of ether oxygens (including phenoxy) is 2. The second kappa shape index (κ2) is 4.99. The largest absolute Gasteiger partial charge is 0.484 e. The van der Waals surface area contributed by atoms with Crippen molar-refractivity contribution in [3.63, 3.8) is 0 Å². The van der Waals surface area contributed by atoms with Crippen LogP contribution in [0.1, 0.15) is 5.56 Å². The molecular formula is C12H15NO3. The first-order valence-corrected chi connectivity index (χ1v) is 5.32. The molecule has 0 saturated carbocycles. The number of rotatable bonds is 5. The molecule has 4 nitrogen and oxygen atoms in total. The van der Waals surface area contributed by atoms with Gasteiger partial charge >= 0.3 is 0 Å². The lowest BCUT2D eigenvalue weighted by molar-refractivity contribution is -0.123. The molecule has 1 aliphatic rings. The maximum absolute atomic E-state index is 11.3. The van der Waals surface area contributed by atoms with Crippen molar-refractivity contribution in [2.24, 2.45) is 0 Å². The minimum absolute atomic E-state index is 0.0514. The number of hydrogen-bond acceptors (Lipinski definition) is 3. The van der Waals surface area contributed by atoms with Crippen molar-refractivity contribution < 1.29 is 14.3 Å². The van der Waals surface area contributed by atoms with E-state index in [4.69, 9.17) is 9.47 Å². The van der Waals surface area contributed by atoms with Crippen LogP contribution < -0.4 is 10.1 Å². The number of carbonyl (C=O) groups is 1. The van der Waals surface area contributed by atoms with Gasteiger partial charge in [-0.15, -0.1) is 0 Å². The molecule has 16 heavy (non-hydrogen) atoms. The fourth-order valence-electron chi connectivity index (χ4n) is 1.25. The van der Waals surface area contributed by atoms with E-state index in [9.17, 15) is 4.79 Å². The van der Waals surface area contributed by atoms with Crippen molar-refractivity contribution in [1.82, 2.24) is 5.32 Å². The van der Waals surface area contributed by atoms with Gasteiger partial charge in [-0.25, -0.2) is 0 Å². The van der Waals surface area contributed by atoms with Gasteiger partial charge < -0.3 is 14.8 Å². The lowest BCUT2D eigenvalue weighted by Crippen LogP contribution is -2.31. The topological polar surface area (TPSA) is 50.9 Å². The summed E-state index contributed by atoms with van der Waals surface area (Å²) in [4.78, 5) is 11.3. The normalized spacial score (nSPS) is 17.9. The van der Waals surface area contributed by atoms with Crippen LogP contribution in [-0.2, 0) is 9.53 Å². The van der Waals surface area contributed by atoms with Gasteiger partial charge in [0.2, 0.25) is 0 Å². The number of aryl methyl sites for hydroxylation is 1. The molecule has 1 fully saturated rings. The molecule has 1 atom stereocenters. The van der Waals surface area contributed by atoms with E-state index in [1.807, 2.05) is 31.2 Å². The van der Waals surface area contributed by atoms with Crippen molar-refractivity contribution in [2.75, 3.05) is 19.8 Å². The first-order chi connectivity index (χ1) is 7.74. The molecule has 86 valence electrons. The van der Waals surface area contributed by atoms with E-state index >= 15 is 0 Å². The SMILES string of the molecule is Cc1ccc(OCC(=O)NC[C@H]2CO2)cc1. The number of amides is 1. The summed E-state index contributed by atoms with van der Waals surface area (Å²) in [5, 5.41) is 2.74. The molecule has 1 heterocycles. The molecule has 1 N–H and O–H groups in total. The summed E-state index contributed by atoms with van der Waals surface area (Å²) >= 11 is 0. The van der Waals surface area contributed by atoms with Gasteiger partial charge in [0.15, 0.2) is 6.61 Å². The molecule has 1 aliphatic heterocycles. The third-order valence-electron chi connectivity index (χ3n) is 2.32. The van der Waals surface area contributed by atoms with Crippen molar-refractivity contribution in [1.29, 1.82) is 0 Å². The van der Waals surface area contributed by atoms with Crippen LogP contribution in [0.5, 0.6) is 5.75 Å². The quantitative estimate of drug-likeness (QED) is 0.751. The number of nitrogens with one attached hydrogen (secondary N) is 1. The van der Waals surface area contributed by atoms with Crippen molar-refractivity contribution in [3.05, 3.63) is 29.8 Å². The first kappa shape index (κ1) is 11.0. The van der Waals surface area contributed by atoms with Crippen LogP contribution in [0.15, 0.2) is 24.3 Å². The molecule has 0 bridgehead atoms. The summed E-state index contributed by atoms with van der Waals surface area (Å²) in [5.41, 5.74) is 1.17. The van der Waals surface area contributed by atoms with Gasteiger partial charge in [-0.1, -0.05) is 17.7 Å². The van der Waals surface area contributed by atoms with Gasteiger partial charge in [0.05, 0.1) is 12.7 Å². The highest BCUT2D eigenvalue weighted by Gasteiger charge is 2.22. The predicted molar refractivity (Wildman–Crippen MR) is 59.4 cm³/mol. The van der Waals surface area contributed by atoms with E-state index in [-0.39, 0.29) is 18.6 Å². The smallest absolute Gasteiger partial charge is 0.258 e. The Balaban J connectivity index is 1.69. The van der Waals surface area contributed by atoms with E-state index in [0.29, 0.717) is 12.3 Å². The Morgan fingerprint density at radius 2 is 2.19 bits per heavy atom. The summed E-state index contributed by atoms with van der Waals surface area (Å²) in [7, 11) is 0. The molecule has 1 aromatic carbocycles. The minimum atomic E-state index is -0.115. The molecule has 1 saturated heterocycles. The van der Waals surface area contributed by atoms with Crippen LogP contribution in [0, 0.1) is 6.92 Å². The van der Waals surface area contributed by atoms with Gasteiger partial charge in [-0.3, -0.25) is 4.79 Å². The molecule has 1 amide bonds. The average Bonchev–Trinajstić information content (AvgIpc) is 3.09. The minimum Gasteiger partial charge on any atom is -0.484 e. The van der Waals surface area contributed by atoms with E-state index < -0.39 is 0 Å². The molecule has 0 aromatic heterocycles. The van der Waals surface area contributed by atoms with Crippen LogP contribution in [-0.4, -0.2) is 31.8 Å². The van der Waals surface area contributed by atoms with Crippen LogP contribution in [0.3, 0.4) is 0 Å². The Morgan fingerprint density at radius 1 is 1.50 bits per heavy atom. The number of epoxide rings is 1. The molecule has 1 aromatic rings. The molecular weight excluding hydrogens is 206 g/mol. The highest BCUT2D eigenvalue weighted by atomic mass is 16.6. The van der Waals surface area contributed by atoms with Gasteiger partial charge in [0.1, 0.15) is 5.75 Å². The predicted octanol–water partition coefficient (Wildman–Crippen LogP) is 0.889. The maximum Gasteiger partial charge on any atom is 0.258 e. The zero-order chi connectivity index (χ0) is 11.4. The summed E-state index contributed by atoms with van der Waals surface area (Å²) in [6, 6.07) is 7.61. The molecule has 0 radical (unpaired) electrons. The Bertz CT molecular complexity index is 357. The molecule has 2 rings (SSSR count). The third-order valence-corrected chi connectivity index (χ3v) is 2.32. The zero-order valence-corrected chi connectivity index (χ0v) is 9.23. The van der Waals surface area contributed by atoms with Gasteiger partial charge in [-0.2, -0.15) is 0 Å². The van der Waals surface area contributed by atoms with Gasteiger partial charge in [-0.05, 0) is 19.1 Å². The van der Waals surface area contributed by atoms with Crippen LogP contribution in [0.25, 0.3) is 0 Å². The van der Waals surface area contributed by atoms with E-state index in [1.165, 1.54) is 5.56 Å². The summed E-state index contributed by atoms with van der Waals surface area (Å²) < 4.78 is 10.3. The monoisotopic (exact) mass is 221 g/mol. The fraction of sp³-hybridized carbons (Fsp3) is 0.417. The number of carbonyl (C=O) groups excluding carboxylic acids is 1. The van der Waals surface area contributed by atoms with Crippen LogP contribution in [0.4, 0.5) is 0 Å². The zero-order valence-electron chi connectivity index (χ0n) is 9.23. The maximum atomic E-state index is 11.3. The lowest BCUT2D eigenvalue weighted by Gasteiger charge is -2.06. The van der Waals surface area contributed by atoms with E-state index in [0.717, 1.165) is 6.61 Å². The highest BCUT2D eigenvalue weighted by Crippen LogP contribution is 2.11. The van der Waals surface area contributed by atoms with Gasteiger partial charge in [0.25, 0.3) is 5.91 Å². The second-order valence-electron chi connectivity index (χ2n) is 3.86. The van der Waals surface area contributed by atoms with Crippen LogP contribution >= 0.6 is 0 Å². The molecule has 0 aliphatic carbocycles. The fourth-order valence-corrected chi connectivity index (χ4v) is 1.25. The summed E-state index contributed by atoms with van der Waals surface area (Å²) in [5.74, 6) is 0.597. The number of benzene rings is 1.